The van der Waals surface area contributed by atoms with Crippen LogP contribution in [0.1, 0.15) is 32.6 Å². The number of hydrogen-bond acceptors (Lipinski definition) is 2. The van der Waals surface area contributed by atoms with E-state index >= 15 is 0 Å². The topological polar surface area (TPSA) is 29.5 Å². The lowest BCUT2D eigenvalue weighted by atomic mass is 9.93. The Hall–Kier alpha value is -0.0800. The summed E-state index contributed by atoms with van der Waals surface area (Å²) in [7, 11) is 0. The molecule has 2 nitrogen and oxygen atoms in total. The molecule has 1 N–H and O–H groups in total. The molecule has 1 rings (SSSR count). The van der Waals surface area contributed by atoms with Crippen molar-refractivity contribution >= 4 is 0 Å². The first-order valence-corrected chi connectivity index (χ1v) is 4.60. The smallest absolute Gasteiger partial charge is 0.0566 e. The van der Waals surface area contributed by atoms with E-state index in [0.29, 0.717) is 5.92 Å². The van der Waals surface area contributed by atoms with Crippen molar-refractivity contribution in [2.24, 2.45) is 5.92 Å². The molecule has 1 fully saturated rings. The molecule has 0 aromatic carbocycles. The maximum atomic E-state index is 9.55. The van der Waals surface area contributed by atoms with E-state index in [9.17, 15) is 5.11 Å². The molecule has 1 saturated heterocycles. The van der Waals surface area contributed by atoms with Crippen LogP contribution in [0, 0.1) is 5.92 Å². The lowest BCUT2D eigenvalue weighted by Crippen LogP contribution is -2.19. The summed E-state index contributed by atoms with van der Waals surface area (Å²) in [6.45, 7) is 3.76. The van der Waals surface area contributed by atoms with Crippen molar-refractivity contribution < 1.29 is 9.84 Å². The molecular formula is C9H18O2. The van der Waals surface area contributed by atoms with Crippen LogP contribution >= 0.6 is 0 Å². The Bertz CT molecular complexity index is 95.7. The molecule has 2 atom stereocenters. The van der Waals surface area contributed by atoms with Crippen molar-refractivity contribution in [1.82, 2.24) is 0 Å². The summed E-state index contributed by atoms with van der Waals surface area (Å²) in [4.78, 5) is 0. The summed E-state index contributed by atoms with van der Waals surface area (Å²) in [6.07, 6.45) is 4.06. The molecule has 2 heteroatoms. The molecular weight excluding hydrogens is 140 g/mol. The zero-order valence-electron chi connectivity index (χ0n) is 7.25. The van der Waals surface area contributed by atoms with Gasteiger partial charge in [0, 0.05) is 13.2 Å². The number of hydrogen-bond donors (Lipinski definition) is 1. The van der Waals surface area contributed by atoms with Gasteiger partial charge in [-0.2, -0.15) is 0 Å². The van der Waals surface area contributed by atoms with Crippen molar-refractivity contribution in [2.45, 2.75) is 38.7 Å². The largest absolute Gasteiger partial charge is 0.393 e. The molecule has 0 aromatic rings. The molecule has 1 heterocycles. The van der Waals surface area contributed by atoms with Crippen molar-refractivity contribution in [3.63, 3.8) is 0 Å². The van der Waals surface area contributed by atoms with Crippen molar-refractivity contribution in [2.75, 3.05) is 13.2 Å². The first kappa shape index (κ1) is 9.01. The highest BCUT2D eigenvalue weighted by molar-refractivity contribution is 4.69. The van der Waals surface area contributed by atoms with Crippen LogP contribution in [-0.4, -0.2) is 24.4 Å². The normalized spacial score (nSPS) is 29.5. The lowest BCUT2D eigenvalue weighted by Gasteiger charge is -2.18. The van der Waals surface area contributed by atoms with Gasteiger partial charge < -0.3 is 9.84 Å². The van der Waals surface area contributed by atoms with Gasteiger partial charge in [0.25, 0.3) is 0 Å². The predicted molar refractivity (Wildman–Crippen MR) is 44.5 cm³/mol. The van der Waals surface area contributed by atoms with Gasteiger partial charge in [-0.05, 0) is 31.6 Å². The van der Waals surface area contributed by atoms with Crippen LogP contribution in [0.4, 0.5) is 0 Å². The molecule has 0 bridgehead atoms. The highest BCUT2D eigenvalue weighted by Gasteiger charge is 2.18. The molecule has 66 valence electrons. The molecule has 0 aromatic heterocycles. The molecule has 2 unspecified atom stereocenters. The molecule has 1 aliphatic rings. The molecule has 0 spiro atoms. The summed E-state index contributed by atoms with van der Waals surface area (Å²) in [5.74, 6) is 0.488. The molecule has 0 saturated carbocycles. The predicted octanol–water partition coefficient (Wildman–Crippen LogP) is 1.57. The third-order valence-corrected chi connectivity index (χ3v) is 2.46. The number of aliphatic hydroxyl groups excluding tert-OH is 1. The van der Waals surface area contributed by atoms with Crippen LogP contribution in [-0.2, 0) is 4.74 Å². The highest BCUT2D eigenvalue weighted by Crippen LogP contribution is 2.20. The van der Waals surface area contributed by atoms with Crippen LogP contribution in [0.5, 0.6) is 0 Å². The second-order valence-corrected chi connectivity index (χ2v) is 3.28. The van der Waals surface area contributed by atoms with E-state index in [1.165, 1.54) is 0 Å². The van der Waals surface area contributed by atoms with Crippen LogP contribution in [0.2, 0.25) is 0 Å². The van der Waals surface area contributed by atoms with Crippen LogP contribution < -0.4 is 0 Å². The summed E-state index contributed by atoms with van der Waals surface area (Å²) in [5.41, 5.74) is 0. The number of ether oxygens (including phenoxy) is 1. The summed E-state index contributed by atoms with van der Waals surface area (Å²) < 4.78 is 5.31. The van der Waals surface area contributed by atoms with Gasteiger partial charge in [0.05, 0.1) is 6.10 Å². The minimum absolute atomic E-state index is 0.100. The van der Waals surface area contributed by atoms with E-state index in [0.717, 1.165) is 38.9 Å². The first-order valence-electron chi connectivity index (χ1n) is 4.60. The first-order chi connectivity index (χ1) is 5.34. The van der Waals surface area contributed by atoms with E-state index in [-0.39, 0.29) is 6.10 Å². The number of rotatable bonds is 2. The van der Waals surface area contributed by atoms with Gasteiger partial charge in [0.1, 0.15) is 0 Å². The van der Waals surface area contributed by atoms with E-state index < -0.39 is 0 Å². The van der Waals surface area contributed by atoms with E-state index in [2.05, 4.69) is 0 Å². The summed E-state index contributed by atoms with van der Waals surface area (Å²) in [5, 5.41) is 9.55. The fraction of sp³-hybridized carbons (Fsp3) is 1.00. The standard InChI is InChI=1S/C9H18O2/c1-2-9(10)8-4-3-6-11-7-5-8/h8-10H,2-7H2,1H3. The van der Waals surface area contributed by atoms with Gasteiger partial charge in [-0.3, -0.25) is 0 Å². The highest BCUT2D eigenvalue weighted by atomic mass is 16.5. The Morgan fingerprint density at radius 2 is 2.27 bits per heavy atom. The third kappa shape index (κ3) is 2.80. The molecule has 0 amide bonds. The maximum absolute atomic E-state index is 9.55. The second-order valence-electron chi connectivity index (χ2n) is 3.28. The van der Waals surface area contributed by atoms with Gasteiger partial charge in [-0.1, -0.05) is 6.92 Å². The van der Waals surface area contributed by atoms with Gasteiger partial charge in [-0.15, -0.1) is 0 Å². The second kappa shape index (κ2) is 4.73. The SMILES string of the molecule is CCC(O)C1CCCOCC1. The third-order valence-electron chi connectivity index (χ3n) is 2.46. The minimum Gasteiger partial charge on any atom is -0.393 e. The Balaban J connectivity index is 2.30. The van der Waals surface area contributed by atoms with Crippen LogP contribution in [0.15, 0.2) is 0 Å². The molecule has 11 heavy (non-hydrogen) atoms. The van der Waals surface area contributed by atoms with Gasteiger partial charge in [-0.25, -0.2) is 0 Å². The Labute approximate surface area is 68.6 Å². The van der Waals surface area contributed by atoms with Crippen LogP contribution in [0.3, 0.4) is 0 Å². The Kier molecular flexibility index (Phi) is 3.87. The fourth-order valence-electron chi connectivity index (χ4n) is 1.65. The zero-order valence-corrected chi connectivity index (χ0v) is 7.25. The van der Waals surface area contributed by atoms with Crippen molar-refractivity contribution in [1.29, 1.82) is 0 Å². The van der Waals surface area contributed by atoms with E-state index in [4.69, 9.17) is 4.74 Å². The average molecular weight is 158 g/mol. The van der Waals surface area contributed by atoms with Crippen molar-refractivity contribution in [3.05, 3.63) is 0 Å². The fourth-order valence-corrected chi connectivity index (χ4v) is 1.65. The van der Waals surface area contributed by atoms with Gasteiger partial charge >= 0.3 is 0 Å². The van der Waals surface area contributed by atoms with E-state index in [1.54, 1.807) is 0 Å². The molecule has 0 radical (unpaired) electrons. The number of aliphatic hydroxyl groups is 1. The van der Waals surface area contributed by atoms with Crippen LogP contribution in [0.25, 0.3) is 0 Å². The molecule has 1 aliphatic heterocycles. The molecule has 0 aliphatic carbocycles. The quantitative estimate of drug-likeness (QED) is 0.661. The monoisotopic (exact) mass is 158 g/mol. The van der Waals surface area contributed by atoms with Crippen molar-refractivity contribution in [3.8, 4) is 0 Å². The van der Waals surface area contributed by atoms with Gasteiger partial charge in [0.15, 0.2) is 0 Å². The minimum atomic E-state index is -0.100. The maximum Gasteiger partial charge on any atom is 0.0566 e. The Morgan fingerprint density at radius 1 is 1.45 bits per heavy atom. The lowest BCUT2D eigenvalue weighted by molar-refractivity contribution is 0.0855. The Morgan fingerprint density at radius 3 is 3.00 bits per heavy atom. The van der Waals surface area contributed by atoms with E-state index in [1.807, 2.05) is 6.92 Å². The van der Waals surface area contributed by atoms with Gasteiger partial charge in [0.2, 0.25) is 0 Å². The summed E-state index contributed by atoms with van der Waals surface area (Å²) in [6, 6.07) is 0. The average Bonchev–Trinajstić information content (AvgIpc) is 2.30. The summed E-state index contributed by atoms with van der Waals surface area (Å²) >= 11 is 0. The zero-order chi connectivity index (χ0) is 8.10.